The van der Waals surface area contributed by atoms with Gasteiger partial charge in [0.05, 0.1) is 0 Å². The first-order chi connectivity index (χ1) is 3.00. The quantitative estimate of drug-likeness (QED) is 0.403. The molecule has 0 aromatic carbocycles. The Kier molecular flexibility index (Phi) is 1.39. The van der Waals surface area contributed by atoms with Crippen LogP contribution >= 0.6 is 11.6 Å². The lowest BCUT2D eigenvalue weighted by atomic mass is 10.4. The third-order valence-corrected chi connectivity index (χ3v) is 1.16. The molecule has 0 aromatic rings. The van der Waals surface area contributed by atoms with Gasteiger partial charge < -0.3 is 4.90 Å². The van der Waals surface area contributed by atoms with Crippen molar-refractivity contribution in [2.24, 2.45) is 4.90 Å². The van der Waals surface area contributed by atoms with E-state index in [2.05, 4.69) is 4.90 Å². The van der Waals surface area contributed by atoms with Gasteiger partial charge in [-0.05, 0) is 11.5 Å². The van der Waals surface area contributed by atoms with Crippen LogP contribution in [0.1, 0.15) is 0 Å². The lowest BCUT2D eigenvalue weighted by molar-refractivity contribution is 1.92. The van der Waals surface area contributed by atoms with Gasteiger partial charge in [-0.2, -0.15) is 11.6 Å². The number of rotatable bonds is 0. The van der Waals surface area contributed by atoms with Crippen molar-refractivity contribution in [1.29, 1.82) is 0 Å². The summed E-state index contributed by atoms with van der Waals surface area (Å²) in [6.07, 6.45) is 3.75. The Morgan fingerprint density at radius 1 is 1.67 bits per heavy atom. The Morgan fingerprint density at radius 2 is 2.67 bits per heavy atom. The average Bonchev–Trinajstić information content (AvgIpc) is 1.72. The minimum atomic E-state index is 0.899. The Labute approximate surface area is 41.7 Å². The predicted molar refractivity (Wildman–Crippen MR) is 32.4 cm³/mol. The van der Waals surface area contributed by atoms with E-state index in [1.54, 1.807) is 11.6 Å². The molecule has 1 aliphatic rings. The van der Waals surface area contributed by atoms with Crippen molar-refractivity contribution >= 4 is 24.5 Å². The van der Waals surface area contributed by atoms with Gasteiger partial charge in [0.25, 0.3) is 0 Å². The SMILES string of the molecule is B1N=CC=CS1. The van der Waals surface area contributed by atoms with E-state index >= 15 is 0 Å². The van der Waals surface area contributed by atoms with Gasteiger partial charge in [-0.3, -0.25) is 0 Å². The molecule has 0 aliphatic carbocycles. The summed E-state index contributed by atoms with van der Waals surface area (Å²) >= 11 is 1.72. The second kappa shape index (κ2) is 2.08. The van der Waals surface area contributed by atoms with Crippen LogP contribution in [0.5, 0.6) is 0 Å². The van der Waals surface area contributed by atoms with Gasteiger partial charge in [-0.25, -0.2) is 0 Å². The molecule has 0 saturated heterocycles. The normalized spacial score (nSPS) is 17.3. The lowest BCUT2D eigenvalue weighted by Crippen LogP contribution is -1.79. The summed E-state index contributed by atoms with van der Waals surface area (Å²) < 4.78 is 0. The molecule has 0 fully saturated rings. The lowest BCUT2D eigenvalue weighted by Gasteiger charge is -1.86. The molecule has 30 valence electrons. The smallest absolute Gasteiger partial charge is 0.330 e. The highest BCUT2D eigenvalue weighted by molar-refractivity contribution is 8.24. The molecule has 0 aromatic heterocycles. The van der Waals surface area contributed by atoms with Gasteiger partial charge in [-0.15, -0.1) is 0 Å². The maximum absolute atomic E-state index is 3.93. The summed E-state index contributed by atoms with van der Waals surface area (Å²) in [5, 5.41) is 2.03. The van der Waals surface area contributed by atoms with Crippen molar-refractivity contribution in [1.82, 2.24) is 0 Å². The molecule has 0 bridgehead atoms. The minimum Gasteiger partial charge on any atom is -0.338 e. The van der Waals surface area contributed by atoms with Crippen LogP contribution in [0.2, 0.25) is 0 Å². The molecule has 0 saturated carbocycles. The van der Waals surface area contributed by atoms with Crippen LogP contribution < -0.4 is 0 Å². The first-order valence-electron chi connectivity index (χ1n) is 1.77. The fourth-order valence-electron chi connectivity index (χ4n) is 0.281. The van der Waals surface area contributed by atoms with E-state index in [0.717, 1.165) is 6.69 Å². The molecule has 0 amide bonds. The molecule has 1 rings (SSSR count). The topological polar surface area (TPSA) is 12.4 Å². The number of hydrogen-bond acceptors (Lipinski definition) is 2. The molecule has 6 heavy (non-hydrogen) atoms. The maximum Gasteiger partial charge on any atom is 0.330 e. The molecule has 3 heteroatoms. The second-order valence-electron chi connectivity index (χ2n) is 0.956. The summed E-state index contributed by atoms with van der Waals surface area (Å²) in [4.78, 5) is 3.93. The number of allylic oxidation sites excluding steroid dienone is 1. The zero-order valence-electron chi connectivity index (χ0n) is 3.29. The van der Waals surface area contributed by atoms with Gasteiger partial charge in [-0.1, -0.05) is 0 Å². The molecule has 0 unspecified atom stereocenters. The van der Waals surface area contributed by atoms with Crippen LogP contribution in [0.15, 0.2) is 16.4 Å². The summed E-state index contributed by atoms with van der Waals surface area (Å²) in [5.41, 5.74) is 0. The van der Waals surface area contributed by atoms with Crippen LogP contribution in [0.3, 0.4) is 0 Å². The molecule has 0 radical (unpaired) electrons. The van der Waals surface area contributed by atoms with Crippen molar-refractivity contribution in [2.75, 3.05) is 0 Å². The van der Waals surface area contributed by atoms with Crippen molar-refractivity contribution in [2.45, 2.75) is 0 Å². The van der Waals surface area contributed by atoms with Crippen LogP contribution in [0, 0.1) is 0 Å². The van der Waals surface area contributed by atoms with Crippen molar-refractivity contribution in [3.05, 3.63) is 11.5 Å². The highest BCUT2D eigenvalue weighted by Crippen LogP contribution is 2.00. The summed E-state index contributed by atoms with van der Waals surface area (Å²) in [6.45, 7) is 0.899. The van der Waals surface area contributed by atoms with Gasteiger partial charge in [0, 0.05) is 6.21 Å². The van der Waals surface area contributed by atoms with Crippen LogP contribution in [-0.2, 0) is 0 Å². The van der Waals surface area contributed by atoms with Crippen LogP contribution in [0.4, 0.5) is 0 Å². The zero-order chi connectivity index (χ0) is 4.24. The largest absolute Gasteiger partial charge is 0.338 e. The summed E-state index contributed by atoms with van der Waals surface area (Å²) in [7, 11) is 0. The van der Waals surface area contributed by atoms with E-state index in [9.17, 15) is 0 Å². The predicted octanol–water partition coefficient (Wildman–Crippen LogP) is 0.584. The van der Waals surface area contributed by atoms with Crippen molar-refractivity contribution < 1.29 is 0 Å². The molecule has 1 heterocycles. The fraction of sp³-hybridized carbons (Fsp3) is 0. The zero-order valence-corrected chi connectivity index (χ0v) is 4.11. The van der Waals surface area contributed by atoms with E-state index in [0.29, 0.717) is 0 Å². The highest BCUT2D eigenvalue weighted by atomic mass is 32.2. The highest BCUT2D eigenvalue weighted by Gasteiger charge is 1.82. The van der Waals surface area contributed by atoms with E-state index in [-0.39, 0.29) is 0 Å². The Hall–Kier alpha value is -0.175. The third-order valence-electron chi connectivity index (χ3n) is 0.515. The Morgan fingerprint density at radius 3 is 2.83 bits per heavy atom. The molecular formula is C3H4BNS. The van der Waals surface area contributed by atoms with E-state index in [1.807, 2.05) is 17.7 Å². The minimum absolute atomic E-state index is 0.899. The maximum atomic E-state index is 3.93. The average molecular weight is 97.0 g/mol. The van der Waals surface area contributed by atoms with Gasteiger partial charge in [0.2, 0.25) is 0 Å². The van der Waals surface area contributed by atoms with Gasteiger partial charge >= 0.3 is 6.69 Å². The van der Waals surface area contributed by atoms with E-state index in [1.165, 1.54) is 0 Å². The van der Waals surface area contributed by atoms with Crippen molar-refractivity contribution in [3.63, 3.8) is 0 Å². The number of nitrogens with zero attached hydrogens (tertiary/aromatic N) is 1. The van der Waals surface area contributed by atoms with E-state index in [4.69, 9.17) is 0 Å². The fourth-order valence-corrected chi connectivity index (χ4v) is 0.720. The molecule has 1 nitrogen and oxygen atoms in total. The van der Waals surface area contributed by atoms with Crippen LogP contribution in [-0.4, -0.2) is 12.9 Å². The monoisotopic (exact) mass is 97.0 g/mol. The summed E-state index contributed by atoms with van der Waals surface area (Å²) in [5.74, 6) is 0. The molecule has 1 aliphatic heterocycles. The number of hydrogen-bond donors (Lipinski definition) is 0. The Balaban J connectivity index is 2.46. The molecule has 0 spiro atoms. The third kappa shape index (κ3) is 0.900. The van der Waals surface area contributed by atoms with Gasteiger partial charge in [0.15, 0.2) is 0 Å². The molecule has 0 N–H and O–H groups in total. The van der Waals surface area contributed by atoms with E-state index < -0.39 is 0 Å². The Bertz CT molecular complexity index is 76.8. The first-order valence-corrected chi connectivity index (χ1v) is 2.81. The second-order valence-corrected chi connectivity index (χ2v) is 1.82. The standard InChI is InChI=1S/C3H4BNS/c1-2-5-4-6-3-1/h1-4H. The molecular weight excluding hydrogens is 92.9 g/mol. The van der Waals surface area contributed by atoms with Crippen LogP contribution in [0.25, 0.3) is 0 Å². The first kappa shape index (κ1) is 4.00. The van der Waals surface area contributed by atoms with Crippen molar-refractivity contribution in [3.8, 4) is 0 Å². The molecule has 0 atom stereocenters. The van der Waals surface area contributed by atoms with Gasteiger partial charge in [0.1, 0.15) is 0 Å². The summed E-state index contributed by atoms with van der Waals surface area (Å²) in [6, 6.07) is 0.